The summed E-state index contributed by atoms with van der Waals surface area (Å²) in [6, 6.07) is 10.9. The molecule has 0 aliphatic carbocycles. The number of hydrogen-bond acceptors (Lipinski definition) is 5. The lowest BCUT2D eigenvalue weighted by molar-refractivity contribution is -0.136. The monoisotopic (exact) mass is 380 g/mol. The molecule has 2 aromatic carbocycles. The molecule has 146 valence electrons. The second kappa shape index (κ2) is 10.1. The summed E-state index contributed by atoms with van der Waals surface area (Å²) in [6.07, 6.45) is 4.50. The summed E-state index contributed by atoms with van der Waals surface area (Å²) in [7, 11) is 1.54. The second-order valence-electron chi connectivity index (χ2n) is 6.19. The molecule has 0 heterocycles. The average molecular weight is 380 g/mol. The van der Waals surface area contributed by atoms with Crippen LogP contribution in [0.25, 0.3) is 6.08 Å². The third kappa shape index (κ3) is 5.84. The number of Topliss-reactive ketones (excluding diaryl/α,β-unsaturated/α-hetero) is 1. The van der Waals surface area contributed by atoms with E-state index in [1.54, 1.807) is 36.4 Å². The van der Waals surface area contributed by atoms with Crippen molar-refractivity contribution in [1.82, 2.24) is 0 Å². The summed E-state index contributed by atoms with van der Waals surface area (Å²) in [6.45, 7) is 7.43. The molecule has 0 aliphatic heterocycles. The number of methoxy groups -OCH3 is 1. The van der Waals surface area contributed by atoms with E-state index < -0.39 is 5.97 Å². The van der Waals surface area contributed by atoms with Crippen molar-refractivity contribution in [2.24, 2.45) is 0 Å². The number of ketones is 1. The van der Waals surface area contributed by atoms with Gasteiger partial charge in [-0.05, 0) is 49.2 Å². The van der Waals surface area contributed by atoms with Crippen molar-refractivity contribution in [2.75, 3.05) is 20.3 Å². The summed E-state index contributed by atoms with van der Waals surface area (Å²) in [5.41, 5.74) is 3.14. The third-order valence-electron chi connectivity index (χ3n) is 4.00. The van der Waals surface area contributed by atoms with Gasteiger partial charge in [0.1, 0.15) is 6.61 Å². The molecule has 2 aromatic rings. The van der Waals surface area contributed by atoms with Gasteiger partial charge in [0, 0.05) is 11.6 Å². The van der Waals surface area contributed by atoms with E-state index in [4.69, 9.17) is 14.2 Å². The number of rotatable bonds is 9. The maximum atomic E-state index is 12.3. The molecular weight excluding hydrogens is 356 g/mol. The fourth-order valence-corrected chi connectivity index (χ4v) is 2.52. The van der Waals surface area contributed by atoms with E-state index in [0.29, 0.717) is 23.7 Å². The van der Waals surface area contributed by atoms with Crippen LogP contribution in [0.15, 0.2) is 55.1 Å². The van der Waals surface area contributed by atoms with Crippen LogP contribution < -0.4 is 9.47 Å². The zero-order chi connectivity index (χ0) is 20.5. The van der Waals surface area contributed by atoms with Crippen molar-refractivity contribution in [3.63, 3.8) is 0 Å². The maximum absolute atomic E-state index is 12.3. The number of benzene rings is 2. The van der Waals surface area contributed by atoms with Gasteiger partial charge < -0.3 is 14.2 Å². The second-order valence-corrected chi connectivity index (χ2v) is 6.19. The molecule has 5 nitrogen and oxygen atoms in total. The Hall–Kier alpha value is -3.34. The van der Waals surface area contributed by atoms with E-state index in [1.165, 1.54) is 13.2 Å². The minimum atomic E-state index is -0.593. The van der Waals surface area contributed by atoms with Crippen molar-refractivity contribution in [2.45, 2.75) is 13.8 Å². The predicted octanol–water partition coefficient (Wildman–Crippen LogP) is 4.32. The molecule has 0 fully saturated rings. The lowest BCUT2D eigenvalue weighted by Gasteiger charge is -2.09. The Balaban J connectivity index is 1.97. The predicted molar refractivity (Wildman–Crippen MR) is 109 cm³/mol. The van der Waals surface area contributed by atoms with Gasteiger partial charge in [0.25, 0.3) is 0 Å². The lowest BCUT2D eigenvalue weighted by Crippen LogP contribution is -2.13. The molecule has 2 rings (SSSR count). The minimum absolute atomic E-state index is 0.228. The van der Waals surface area contributed by atoms with Gasteiger partial charge in [-0.1, -0.05) is 36.4 Å². The number of hydrogen-bond donors (Lipinski definition) is 0. The van der Waals surface area contributed by atoms with Crippen molar-refractivity contribution in [3.05, 3.63) is 77.4 Å². The van der Waals surface area contributed by atoms with E-state index >= 15 is 0 Å². The molecule has 0 aliphatic rings. The highest BCUT2D eigenvalue weighted by atomic mass is 16.5. The Morgan fingerprint density at radius 2 is 1.86 bits per heavy atom. The van der Waals surface area contributed by atoms with Gasteiger partial charge in [-0.3, -0.25) is 4.79 Å². The Morgan fingerprint density at radius 1 is 1.07 bits per heavy atom. The summed E-state index contributed by atoms with van der Waals surface area (Å²) >= 11 is 0. The van der Waals surface area contributed by atoms with Crippen LogP contribution in [0.4, 0.5) is 0 Å². The van der Waals surface area contributed by atoms with Crippen molar-refractivity contribution in [3.8, 4) is 11.5 Å². The van der Waals surface area contributed by atoms with E-state index in [0.717, 1.165) is 16.7 Å². The molecular formula is C23H24O5. The van der Waals surface area contributed by atoms with Crippen LogP contribution in [0.2, 0.25) is 0 Å². The van der Waals surface area contributed by atoms with E-state index in [2.05, 4.69) is 6.58 Å². The lowest BCUT2D eigenvalue weighted by atomic mass is 10.0. The highest BCUT2D eigenvalue weighted by molar-refractivity contribution is 6.00. The molecule has 0 bridgehead atoms. The van der Waals surface area contributed by atoms with Crippen molar-refractivity contribution < 1.29 is 23.8 Å². The summed E-state index contributed by atoms with van der Waals surface area (Å²) in [5.74, 6) is 0.307. The molecule has 0 N–H and O–H groups in total. The third-order valence-corrected chi connectivity index (χ3v) is 4.00. The van der Waals surface area contributed by atoms with Gasteiger partial charge in [-0.2, -0.15) is 0 Å². The number of carbonyl (C=O) groups excluding carboxylic acids is 2. The van der Waals surface area contributed by atoms with Gasteiger partial charge in [-0.25, -0.2) is 4.79 Å². The molecule has 0 saturated carbocycles. The molecule has 0 radical (unpaired) electrons. The Kier molecular flexibility index (Phi) is 7.57. The molecule has 0 aromatic heterocycles. The first-order valence-corrected chi connectivity index (χ1v) is 8.81. The first-order chi connectivity index (χ1) is 13.4. The molecule has 0 amide bonds. The number of aryl methyl sites for hydroxylation is 2. The molecule has 0 spiro atoms. The first-order valence-electron chi connectivity index (χ1n) is 8.81. The Labute approximate surface area is 165 Å². The molecule has 5 heteroatoms. The smallest absolute Gasteiger partial charge is 0.331 e. The fourth-order valence-electron chi connectivity index (χ4n) is 2.52. The summed E-state index contributed by atoms with van der Waals surface area (Å²) < 4.78 is 15.8. The van der Waals surface area contributed by atoms with E-state index in [9.17, 15) is 9.59 Å². The quantitative estimate of drug-likeness (QED) is 0.281. The molecule has 0 unspecified atom stereocenters. The number of carbonyl (C=O) groups is 2. The maximum Gasteiger partial charge on any atom is 0.331 e. The van der Waals surface area contributed by atoms with Gasteiger partial charge >= 0.3 is 5.97 Å². The van der Waals surface area contributed by atoms with Crippen LogP contribution in [0.3, 0.4) is 0 Å². The zero-order valence-corrected chi connectivity index (χ0v) is 16.4. The van der Waals surface area contributed by atoms with E-state index in [1.807, 2.05) is 26.0 Å². The van der Waals surface area contributed by atoms with Gasteiger partial charge in [-0.15, -0.1) is 0 Å². The average Bonchev–Trinajstić information content (AvgIpc) is 2.70. The minimum Gasteiger partial charge on any atom is -0.493 e. The van der Waals surface area contributed by atoms with Crippen molar-refractivity contribution in [1.29, 1.82) is 0 Å². The molecule has 28 heavy (non-hydrogen) atoms. The number of esters is 1. The topological polar surface area (TPSA) is 61.8 Å². The Bertz CT molecular complexity index is 896. The highest BCUT2D eigenvalue weighted by Gasteiger charge is 2.11. The van der Waals surface area contributed by atoms with Gasteiger partial charge in [0.15, 0.2) is 18.1 Å². The largest absolute Gasteiger partial charge is 0.493 e. The first kappa shape index (κ1) is 21.0. The van der Waals surface area contributed by atoms with Gasteiger partial charge in [0.05, 0.1) is 7.11 Å². The van der Waals surface area contributed by atoms with Crippen LogP contribution in [-0.2, 0) is 9.53 Å². The normalized spacial score (nSPS) is 10.5. The summed E-state index contributed by atoms with van der Waals surface area (Å²) in [5, 5.41) is 0. The fraction of sp³-hybridized carbons (Fsp3) is 0.217. The number of ether oxygens (including phenoxy) is 3. The SMILES string of the molecule is C=CCOc1ccc(/C=C/C(=O)OCC(=O)c2cc(C)ccc2C)cc1OC. The standard InChI is InChI=1S/C23H24O5/c1-5-12-27-21-10-8-18(14-22(21)26-4)9-11-23(25)28-15-20(24)19-13-16(2)6-7-17(19)3/h5-11,13-14H,1,12,15H2,2-4H3/b11-9+. The van der Waals surface area contributed by atoms with Crippen molar-refractivity contribution >= 4 is 17.8 Å². The van der Waals surface area contributed by atoms with Crippen LogP contribution in [0, 0.1) is 13.8 Å². The zero-order valence-electron chi connectivity index (χ0n) is 16.4. The van der Waals surface area contributed by atoms with Crippen LogP contribution >= 0.6 is 0 Å². The molecule has 0 saturated heterocycles. The molecule has 0 atom stereocenters. The van der Waals surface area contributed by atoms with Crippen LogP contribution in [0.1, 0.15) is 27.0 Å². The highest BCUT2D eigenvalue weighted by Crippen LogP contribution is 2.28. The Morgan fingerprint density at radius 3 is 2.57 bits per heavy atom. The van der Waals surface area contributed by atoms with Crippen LogP contribution in [0.5, 0.6) is 11.5 Å². The van der Waals surface area contributed by atoms with Crippen LogP contribution in [-0.4, -0.2) is 32.1 Å². The van der Waals surface area contributed by atoms with E-state index in [-0.39, 0.29) is 12.4 Å². The summed E-state index contributed by atoms with van der Waals surface area (Å²) in [4.78, 5) is 24.2. The van der Waals surface area contributed by atoms with Gasteiger partial charge in [0.2, 0.25) is 5.78 Å².